The average molecular weight is 448 g/mol. The Labute approximate surface area is 198 Å². The molecule has 2 aromatic carbocycles. The summed E-state index contributed by atoms with van der Waals surface area (Å²) in [5.74, 6) is 0.246. The van der Waals surface area contributed by atoms with Crippen LogP contribution in [-0.4, -0.2) is 65.3 Å². The summed E-state index contributed by atoms with van der Waals surface area (Å²) in [4.78, 5) is 32.6. The van der Waals surface area contributed by atoms with Crippen LogP contribution in [0.3, 0.4) is 0 Å². The van der Waals surface area contributed by atoms with Crippen LogP contribution in [-0.2, 0) is 9.59 Å². The number of hydrogen-bond donors (Lipinski definition) is 0. The van der Waals surface area contributed by atoms with Gasteiger partial charge in [-0.1, -0.05) is 81.4 Å². The van der Waals surface area contributed by atoms with Crippen molar-refractivity contribution in [1.29, 1.82) is 0 Å². The Bertz CT molecular complexity index is 891. The normalized spacial score (nSPS) is 19.8. The second kappa shape index (κ2) is 10.1. The van der Waals surface area contributed by atoms with Crippen molar-refractivity contribution < 1.29 is 9.59 Å². The molecule has 0 aliphatic carbocycles. The van der Waals surface area contributed by atoms with E-state index in [9.17, 15) is 9.59 Å². The van der Waals surface area contributed by atoms with Crippen LogP contribution in [0.2, 0.25) is 0 Å². The molecule has 2 heterocycles. The Balaban J connectivity index is 1.43. The molecule has 0 aromatic heterocycles. The molecule has 176 valence electrons. The fourth-order valence-corrected chi connectivity index (χ4v) is 5.17. The third-order valence-corrected chi connectivity index (χ3v) is 6.76. The predicted octanol–water partition coefficient (Wildman–Crippen LogP) is 4.35. The fourth-order valence-electron chi connectivity index (χ4n) is 5.17. The third-order valence-electron chi connectivity index (χ3n) is 6.76. The number of benzene rings is 2. The molecule has 2 amide bonds. The van der Waals surface area contributed by atoms with Crippen LogP contribution in [0.4, 0.5) is 0 Å². The van der Waals surface area contributed by atoms with E-state index < -0.39 is 0 Å². The maximum atomic E-state index is 13.4. The molecule has 5 heteroatoms. The summed E-state index contributed by atoms with van der Waals surface area (Å²) < 4.78 is 0. The fraction of sp³-hybridized carbons (Fsp3) is 0.500. The third kappa shape index (κ3) is 5.64. The molecule has 0 saturated carbocycles. The van der Waals surface area contributed by atoms with Crippen LogP contribution in [0.5, 0.6) is 0 Å². The lowest BCUT2D eigenvalue weighted by Crippen LogP contribution is -2.55. The summed E-state index contributed by atoms with van der Waals surface area (Å²) in [6.07, 6.45) is 2.18. The van der Waals surface area contributed by atoms with Gasteiger partial charge in [0.2, 0.25) is 11.8 Å². The molecule has 0 bridgehead atoms. The molecule has 0 spiro atoms. The van der Waals surface area contributed by atoms with Gasteiger partial charge in [0.1, 0.15) is 6.04 Å². The minimum absolute atomic E-state index is 0.0667. The van der Waals surface area contributed by atoms with Crippen molar-refractivity contribution in [3.63, 3.8) is 0 Å². The van der Waals surface area contributed by atoms with E-state index in [2.05, 4.69) is 86.3 Å². The highest BCUT2D eigenvalue weighted by Crippen LogP contribution is 2.30. The standard InChI is InChI=1S/C28H37N3O2/c1-28(2,3)21-25(32)31-16-10-15-24(31)27(33)30-19-17-29(18-20-30)26(22-11-6-4-7-12-22)23-13-8-5-9-14-23/h4-9,11-14,24,26H,10,15-21H2,1-3H3. The molecular weight excluding hydrogens is 410 g/mol. The van der Waals surface area contributed by atoms with E-state index in [0.29, 0.717) is 26.1 Å². The minimum Gasteiger partial charge on any atom is -0.338 e. The van der Waals surface area contributed by atoms with Gasteiger partial charge in [0.05, 0.1) is 6.04 Å². The maximum absolute atomic E-state index is 13.4. The summed E-state index contributed by atoms with van der Waals surface area (Å²) in [6.45, 7) is 9.98. The molecule has 2 aliphatic heterocycles. The molecule has 2 fully saturated rings. The number of amides is 2. The largest absolute Gasteiger partial charge is 0.338 e. The highest BCUT2D eigenvalue weighted by Gasteiger charge is 2.38. The molecule has 5 nitrogen and oxygen atoms in total. The molecule has 33 heavy (non-hydrogen) atoms. The van der Waals surface area contributed by atoms with Gasteiger partial charge in [-0.25, -0.2) is 0 Å². The van der Waals surface area contributed by atoms with E-state index in [-0.39, 0.29) is 29.3 Å². The van der Waals surface area contributed by atoms with Gasteiger partial charge in [0.15, 0.2) is 0 Å². The second-order valence-electron chi connectivity index (χ2n) is 10.6. The summed E-state index contributed by atoms with van der Waals surface area (Å²) in [5, 5.41) is 0. The lowest BCUT2D eigenvalue weighted by atomic mass is 9.91. The molecule has 2 saturated heterocycles. The van der Waals surface area contributed by atoms with Crippen molar-refractivity contribution in [3.8, 4) is 0 Å². The molecule has 2 aromatic rings. The summed E-state index contributed by atoms with van der Waals surface area (Å²) in [7, 11) is 0. The summed E-state index contributed by atoms with van der Waals surface area (Å²) in [6, 6.07) is 21.1. The predicted molar refractivity (Wildman–Crippen MR) is 132 cm³/mol. The topological polar surface area (TPSA) is 43.9 Å². The van der Waals surface area contributed by atoms with Crippen LogP contribution in [0.15, 0.2) is 60.7 Å². The maximum Gasteiger partial charge on any atom is 0.245 e. The van der Waals surface area contributed by atoms with Crippen molar-refractivity contribution in [1.82, 2.24) is 14.7 Å². The molecule has 1 atom stereocenters. The van der Waals surface area contributed by atoms with E-state index in [1.54, 1.807) is 0 Å². The monoisotopic (exact) mass is 447 g/mol. The van der Waals surface area contributed by atoms with Crippen LogP contribution in [0.25, 0.3) is 0 Å². The Morgan fingerprint density at radius 3 is 1.91 bits per heavy atom. The number of carbonyl (C=O) groups is 2. The quantitative estimate of drug-likeness (QED) is 0.685. The van der Waals surface area contributed by atoms with E-state index in [1.807, 2.05) is 9.80 Å². The van der Waals surface area contributed by atoms with Crippen molar-refractivity contribution in [2.24, 2.45) is 5.41 Å². The Morgan fingerprint density at radius 1 is 0.848 bits per heavy atom. The van der Waals surface area contributed by atoms with Crippen LogP contribution < -0.4 is 0 Å². The number of carbonyl (C=O) groups excluding carboxylic acids is 2. The summed E-state index contributed by atoms with van der Waals surface area (Å²) >= 11 is 0. The van der Waals surface area contributed by atoms with Crippen molar-refractivity contribution >= 4 is 11.8 Å². The average Bonchev–Trinajstić information content (AvgIpc) is 3.30. The Kier molecular flexibility index (Phi) is 7.18. The first kappa shape index (κ1) is 23.5. The van der Waals surface area contributed by atoms with Gasteiger partial charge in [-0.15, -0.1) is 0 Å². The first-order chi connectivity index (χ1) is 15.8. The molecular formula is C28H37N3O2. The number of piperazine rings is 1. The van der Waals surface area contributed by atoms with Crippen molar-refractivity contribution in [2.75, 3.05) is 32.7 Å². The Hall–Kier alpha value is -2.66. The number of rotatable bonds is 5. The van der Waals surface area contributed by atoms with Crippen LogP contribution in [0, 0.1) is 5.41 Å². The van der Waals surface area contributed by atoms with Crippen molar-refractivity contribution in [3.05, 3.63) is 71.8 Å². The van der Waals surface area contributed by atoms with Gasteiger partial charge in [-0.05, 0) is 29.4 Å². The molecule has 0 N–H and O–H groups in total. The number of likely N-dealkylation sites (tertiary alicyclic amines) is 1. The number of nitrogens with zero attached hydrogens (tertiary/aromatic N) is 3. The highest BCUT2D eigenvalue weighted by molar-refractivity contribution is 5.88. The smallest absolute Gasteiger partial charge is 0.245 e. The lowest BCUT2D eigenvalue weighted by molar-refractivity contribution is -0.146. The SMILES string of the molecule is CC(C)(C)CC(=O)N1CCCC1C(=O)N1CCN(C(c2ccccc2)c2ccccc2)CC1. The second-order valence-corrected chi connectivity index (χ2v) is 10.6. The van der Waals surface area contributed by atoms with Crippen LogP contribution in [0.1, 0.15) is 57.2 Å². The Morgan fingerprint density at radius 2 is 1.39 bits per heavy atom. The van der Waals surface area contributed by atoms with E-state index >= 15 is 0 Å². The lowest BCUT2D eigenvalue weighted by Gasteiger charge is -2.41. The van der Waals surface area contributed by atoms with Crippen LogP contribution >= 0.6 is 0 Å². The first-order valence-electron chi connectivity index (χ1n) is 12.3. The summed E-state index contributed by atoms with van der Waals surface area (Å²) in [5.41, 5.74) is 2.49. The zero-order valence-electron chi connectivity index (χ0n) is 20.2. The van der Waals surface area contributed by atoms with Gasteiger partial charge in [-0.2, -0.15) is 0 Å². The van der Waals surface area contributed by atoms with E-state index in [0.717, 1.165) is 25.9 Å². The van der Waals surface area contributed by atoms with E-state index in [4.69, 9.17) is 0 Å². The molecule has 4 rings (SSSR count). The first-order valence-corrected chi connectivity index (χ1v) is 12.3. The van der Waals surface area contributed by atoms with Gasteiger partial charge >= 0.3 is 0 Å². The highest BCUT2D eigenvalue weighted by atomic mass is 16.2. The zero-order chi connectivity index (χ0) is 23.4. The number of hydrogen-bond acceptors (Lipinski definition) is 3. The van der Waals surface area contributed by atoms with Gasteiger partial charge < -0.3 is 9.80 Å². The van der Waals surface area contributed by atoms with Gasteiger partial charge in [-0.3, -0.25) is 14.5 Å². The van der Waals surface area contributed by atoms with Crippen molar-refractivity contribution in [2.45, 2.75) is 52.1 Å². The van der Waals surface area contributed by atoms with Gasteiger partial charge in [0, 0.05) is 39.1 Å². The molecule has 1 unspecified atom stereocenters. The van der Waals surface area contributed by atoms with E-state index in [1.165, 1.54) is 11.1 Å². The minimum atomic E-state index is -0.287. The molecule has 2 aliphatic rings. The van der Waals surface area contributed by atoms with Gasteiger partial charge in [0.25, 0.3) is 0 Å². The molecule has 0 radical (unpaired) electrons. The zero-order valence-corrected chi connectivity index (χ0v) is 20.2.